The van der Waals surface area contributed by atoms with E-state index in [0.717, 1.165) is 18.4 Å². The third-order valence-electron chi connectivity index (χ3n) is 4.10. The zero-order valence-electron chi connectivity index (χ0n) is 16.4. The fourth-order valence-electron chi connectivity index (χ4n) is 2.46. The Hall–Kier alpha value is -1.93. The Bertz CT molecular complexity index is 697. The van der Waals surface area contributed by atoms with Gasteiger partial charge in [-0.3, -0.25) is 9.59 Å². The molecule has 0 saturated heterocycles. The van der Waals surface area contributed by atoms with Crippen molar-refractivity contribution in [3.05, 3.63) is 29.8 Å². The number of sulfonamides is 1. The van der Waals surface area contributed by atoms with Crippen molar-refractivity contribution >= 4 is 21.9 Å². The van der Waals surface area contributed by atoms with Crippen LogP contribution in [0.4, 0.5) is 0 Å². The Balaban J connectivity index is 2.47. The van der Waals surface area contributed by atoms with Gasteiger partial charge in [-0.15, -0.1) is 0 Å². The van der Waals surface area contributed by atoms with Crippen LogP contribution in [0.1, 0.15) is 45.6 Å². The van der Waals surface area contributed by atoms with Crippen LogP contribution in [0, 0.1) is 0 Å². The average Bonchev–Trinajstić information content (AvgIpc) is 2.66. The zero-order chi connectivity index (χ0) is 20.3. The summed E-state index contributed by atoms with van der Waals surface area (Å²) in [5.41, 5.74) is 0.831. The molecule has 0 saturated carbocycles. The maximum atomic E-state index is 12.4. The molecule has 0 bridgehead atoms. The van der Waals surface area contributed by atoms with Gasteiger partial charge in [0.25, 0.3) is 5.91 Å². The van der Waals surface area contributed by atoms with Crippen molar-refractivity contribution in [3.63, 3.8) is 0 Å². The predicted molar refractivity (Wildman–Crippen MR) is 104 cm³/mol. The molecule has 7 nitrogen and oxygen atoms in total. The van der Waals surface area contributed by atoms with Gasteiger partial charge in [0.2, 0.25) is 10.0 Å². The quantitative estimate of drug-likeness (QED) is 0.430. The van der Waals surface area contributed by atoms with E-state index >= 15 is 0 Å². The van der Waals surface area contributed by atoms with Crippen molar-refractivity contribution < 1.29 is 22.7 Å². The molecule has 1 aromatic carbocycles. The van der Waals surface area contributed by atoms with E-state index in [-0.39, 0.29) is 23.8 Å². The highest BCUT2D eigenvalue weighted by atomic mass is 32.2. The molecule has 8 heteroatoms. The number of amides is 1. The summed E-state index contributed by atoms with van der Waals surface area (Å²) in [4.78, 5) is 23.5. The molecule has 0 aliphatic heterocycles. The van der Waals surface area contributed by atoms with E-state index in [1.807, 2.05) is 6.92 Å². The van der Waals surface area contributed by atoms with E-state index in [9.17, 15) is 18.0 Å². The van der Waals surface area contributed by atoms with Crippen molar-refractivity contribution in [3.8, 4) is 0 Å². The topological polar surface area (TPSA) is 92.8 Å². The van der Waals surface area contributed by atoms with E-state index in [1.165, 1.54) is 4.31 Å². The molecule has 0 atom stereocenters. The lowest BCUT2D eigenvalue weighted by atomic mass is 10.1. The van der Waals surface area contributed by atoms with Crippen molar-refractivity contribution in [2.24, 2.45) is 0 Å². The van der Waals surface area contributed by atoms with Gasteiger partial charge in [-0.1, -0.05) is 39.3 Å². The molecule has 0 heterocycles. The molecule has 0 spiro atoms. The number of nitrogens with one attached hydrogen (secondary N) is 1. The third-order valence-corrected chi connectivity index (χ3v) is 6.17. The molecule has 152 valence electrons. The minimum absolute atomic E-state index is 0.129. The summed E-state index contributed by atoms with van der Waals surface area (Å²) in [7, 11) is -3.48. The van der Waals surface area contributed by atoms with E-state index < -0.39 is 16.0 Å². The Kier molecular flexibility index (Phi) is 10.0. The van der Waals surface area contributed by atoms with Gasteiger partial charge in [-0.2, -0.15) is 4.31 Å². The Morgan fingerprint density at radius 2 is 1.70 bits per heavy atom. The lowest BCUT2D eigenvalue weighted by Gasteiger charge is -2.18. The van der Waals surface area contributed by atoms with E-state index in [1.54, 1.807) is 38.1 Å². The number of nitrogens with zero attached hydrogens (tertiary/aromatic N) is 1. The minimum atomic E-state index is -3.48. The van der Waals surface area contributed by atoms with Gasteiger partial charge >= 0.3 is 5.97 Å². The smallest absolute Gasteiger partial charge is 0.306 e. The first-order valence-corrected chi connectivity index (χ1v) is 10.8. The van der Waals surface area contributed by atoms with Gasteiger partial charge in [-0.05, 0) is 30.5 Å². The van der Waals surface area contributed by atoms with Crippen LogP contribution < -0.4 is 5.32 Å². The fraction of sp³-hybridized carbons (Fsp3) is 0.579. The molecule has 0 fully saturated rings. The molecule has 1 rings (SSSR count). The van der Waals surface area contributed by atoms with Crippen LogP contribution >= 0.6 is 0 Å². The molecule has 1 N–H and O–H groups in total. The summed E-state index contributed by atoms with van der Waals surface area (Å²) in [6.45, 7) is 6.75. The maximum absolute atomic E-state index is 12.4. The number of esters is 1. The Labute approximate surface area is 162 Å². The summed E-state index contributed by atoms with van der Waals surface area (Å²) in [5, 5.41) is 2.67. The van der Waals surface area contributed by atoms with Crippen LogP contribution in [0.15, 0.2) is 29.2 Å². The number of ether oxygens (including phenoxy) is 1. The third kappa shape index (κ3) is 7.68. The molecule has 0 unspecified atom stereocenters. The first-order chi connectivity index (χ1) is 12.8. The summed E-state index contributed by atoms with van der Waals surface area (Å²) in [6.07, 6.45) is 2.42. The SMILES string of the molecule is CCCCNC(=O)COC(=O)CCc1ccc(S(=O)(=O)N(CC)CC)cc1. The second-order valence-corrected chi connectivity index (χ2v) is 8.04. The number of unbranched alkanes of at least 4 members (excludes halogenated alkanes) is 1. The lowest BCUT2D eigenvalue weighted by molar-refractivity contribution is -0.148. The first-order valence-electron chi connectivity index (χ1n) is 9.36. The molecule has 0 radical (unpaired) electrons. The van der Waals surface area contributed by atoms with E-state index in [2.05, 4.69) is 5.32 Å². The predicted octanol–water partition coefficient (Wildman–Crippen LogP) is 2.11. The molecule has 0 aliphatic carbocycles. The van der Waals surface area contributed by atoms with E-state index in [4.69, 9.17) is 4.74 Å². The first kappa shape index (κ1) is 23.1. The van der Waals surface area contributed by atoms with Crippen molar-refractivity contribution in [2.75, 3.05) is 26.2 Å². The van der Waals surface area contributed by atoms with Crippen LogP contribution in [-0.4, -0.2) is 50.8 Å². The average molecular weight is 399 g/mol. The number of benzene rings is 1. The number of rotatable bonds is 12. The molecule has 27 heavy (non-hydrogen) atoms. The molecule has 1 amide bonds. The Morgan fingerprint density at radius 1 is 1.07 bits per heavy atom. The minimum Gasteiger partial charge on any atom is -0.456 e. The highest BCUT2D eigenvalue weighted by Gasteiger charge is 2.21. The number of carbonyl (C=O) groups is 2. The standard InChI is InChI=1S/C19H30N2O5S/c1-4-7-14-20-18(22)15-26-19(23)13-10-16-8-11-17(12-9-16)27(24,25)21(5-2)6-3/h8-9,11-12H,4-7,10,13-15H2,1-3H3,(H,20,22). The normalized spacial score (nSPS) is 11.4. The van der Waals surface area contributed by atoms with Gasteiger partial charge in [0.1, 0.15) is 0 Å². The van der Waals surface area contributed by atoms with E-state index in [0.29, 0.717) is 26.1 Å². The van der Waals surface area contributed by atoms with Crippen LogP contribution in [-0.2, 0) is 30.8 Å². The number of carbonyl (C=O) groups excluding carboxylic acids is 2. The highest BCUT2D eigenvalue weighted by molar-refractivity contribution is 7.89. The lowest BCUT2D eigenvalue weighted by Crippen LogP contribution is -2.30. The van der Waals surface area contributed by atoms with Crippen LogP contribution in [0.5, 0.6) is 0 Å². The van der Waals surface area contributed by atoms with Gasteiger partial charge < -0.3 is 10.1 Å². The number of hydrogen-bond donors (Lipinski definition) is 1. The monoisotopic (exact) mass is 398 g/mol. The molecular formula is C19H30N2O5S. The van der Waals surface area contributed by atoms with Crippen molar-refractivity contribution in [1.29, 1.82) is 0 Å². The number of hydrogen-bond acceptors (Lipinski definition) is 5. The van der Waals surface area contributed by atoms with Gasteiger partial charge in [0, 0.05) is 26.1 Å². The fourth-order valence-corrected chi connectivity index (χ4v) is 3.92. The Morgan fingerprint density at radius 3 is 2.26 bits per heavy atom. The van der Waals surface area contributed by atoms with Gasteiger partial charge in [0.05, 0.1) is 4.90 Å². The summed E-state index contributed by atoms with van der Waals surface area (Å²) < 4.78 is 31.2. The van der Waals surface area contributed by atoms with Crippen LogP contribution in [0.3, 0.4) is 0 Å². The van der Waals surface area contributed by atoms with Crippen LogP contribution in [0.25, 0.3) is 0 Å². The second-order valence-electron chi connectivity index (χ2n) is 6.10. The van der Waals surface area contributed by atoms with Gasteiger partial charge in [-0.25, -0.2) is 8.42 Å². The maximum Gasteiger partial charge on any atom is 0.306 e. The van der Waals surface area contributed by atoms with Crippen molar-refractivity contribution in [2.45, 2.75) is 51.3 Å². The molecule has 0 aliphatic rings. The summed E-state index contributed by atoms with van der Waals surface area (Å²) in [6, 6.07) is 6.49. The largest absolute Gasteiger partial charge is 0.456 e. The molecule has 1 aromatic rings. The number of aryl methyl sites for hydroxylation is 1. The zero-order valence-corrected chi connectivity index (χ0v) is 17.2. The van der Waals surface area contributed by atoms with Gasteiger partial charge in [0.15, 0.2) is 6.61 Å². The molecule has 0 aromatic heterocycles. The van der Waals surface area contributed by atoms with Crippen LogP contribution in [0.2, 0.25) is 0 Å². The second kappa shape index (κ2) is 11.7. The summed E-state index contributed by atoms with van der Waals surface area (Å²) >= 11 is 0. The summed E-state index contributed by atoms with van der Waals surface area (Å²) in [5.74, 6) is -0.761. The van der Waals surface area contributed by atoms with Crippen molar-refractivity contribution in [1.82, 2.24) is 9.62 Å². The highest BCUT2D eigenvalue weighted by Crippen LogP contribution is 2.17. The molecular weight excluding hydrogens is 368 g/mol.